The summed E-state index contributed by atoms with van der Waals surface area (Å²) in [6.07, 6.45) is 1.48. The topological polar surface area (TPSA) is 88.9 Å². The average Bonchev–Trinajstić information content (AvgIpc) is 2.47. The van der Waals surface area contributed by atoms with Crippen molar-refractivity contribution in [3.8, 4) is 17.4 Å². The molecule has 0 amide bonds. The molecule has 20 heavy (non-hydrogen) atoms. The summed E-state index contributed by atoms with van der Waals surface area (Å²) in [5.74, 6) is 0.406. The Morgan fingerprint density at radius 2 is 1.80 bits per heavy atom. The quantitative estimate of drug-likeness (QED) is 0.837. The maximum atomic E-state index is 10.7. The summed E-state index contributed by atoms with van der Waals surface area (Å²) in [4.78, 5) is 14.7. The van der Waals surface area contributed by atoms with Crippen molar-refractivity contribution in [2.75, 3.05) is 13.2 Å². The zero-order valence-corrected chi connectivity index (χ0v) is 10.5. The second-order valence-electron chi connectivity index (χ2n) is 3.84. The predicted molar refractivity (Wildman–Crippen MR) is 70.3 cm³/mol. The van der Waals surface area contributed by atoms with E-state index in [0.717, 1.165) is 0 Å². The van der Waals surface area contributed by atoms with Crippen molar-refractivity contribution in [3.63, 3.8) is 0 Å². The van der Waals surface area contributed by atoms with E-state index in [1.807, 2.05) is 0 Å². The molecule has 0 aliphatic heterocycles. The van der Waals surface area contributed by atoms with Crippen LogP contribution >= 0.6 is 0 Å². The highest BCUT2D eigenvalue weighted by molar-refractivity contribution is 5.87. The van der Waals surface area contributed by atoms with Crippen LogP contribution in [0.1, 0.15) is 10.4 Å². The fourth-order valence-corrected chi connectivity index (χ4v) is 1.46. The van der Waals surface area contributed by atoms with Crippen LogP contribution < -0.4 is 9.47 Å². The smallest absolute Gasteiger partial charge is 0.335 e. The van der Waals surface area contributed by atoms with E-state index in [4.69, 9.17) is 19.7 Å². The molecule has 1 aromatic carbocycles. The van der Waals surface area contributed by atoms with Crippen molar-refractivity contribution < 1.29 is 24.5 Å². The fraction of sp³-hybridized carbons (Fsp3) is 0.143. The molecule has 0 aliphatic carbocycles. The van der Waals surface area contributed by atoms with Crippen LogP contribution in [-0.2, 0) is 0 Å². The van der Waals surface area contributed by atoms with Gasteiger partial charge < -0.3 is 19.7 Å². The van der Waals surface area contributed by atoms with Crippen molar-refractivity contribution in [1.29, 1.82) is 0 Å². The summed E-state index contributed by atoms with van der Waals surface area (Å²) in [5, 5.41) is 17.4. The molecule has 0 saturated heterocycles. The highest BCUT2D eigenvalue weighted by Crippen LogP contribution is 2.21. The minimum atomic E-state index is -0.986. The van der Waals surface area contributed by atoms with E-state index in [1.165, 1.54) is 18.3 Å². The third-order valence-corrected chi connectivity index (χ3v) is 2.39. The first-order valence-electron chi connectivity index (χ1n) is 5.90. The van der Waals surface area contributed by atoms with Crippen molar-refractivity contribution >= 4 is 5.97 Å². The van der Waals surface area contributed by atoms with Gasteiger partial charge in [0, 0.05) is 6.07 Å². The Balaban J connectivity index is 2.00. The Hall–Kier alpha value is -2.60. The SMILES string of the molecule is O=C(O)c1ccc(Oc2ccc(OCCO)cn2)cc1. The number of benzene rings is 1. The number of aliphatic hydroxyl groups excluding tert-OH is 1. The van der Waals surface area contributed by atoms with E-state index >= 15 is 0 Å². The highest BCUT2D eigenvalue weighted by Gasteiger charge is 2.04. The number of aliphatic hydroxyl groups is 1. The van der Waals surface area contributed by atoms with Crippen LogP contribution in [0.3, 0.4) is 0 Å². The average molecular weight is 275 g/mol. The molecule has 0 spiro atoms. The van der Waals surface area contributed by atoms with Crippen LogP contribution in [0.15, 0.2) is 42.6 Å². The molecule has 0 radical (unpaired) electrons. The normalized spacial score (nSPS) is 10.1. The molecule has 1 heterocycles. The number of hydrogen-bond donors (Lipinski definition) is 2. The van der Waals surface area contributed by atoms with Gasteiger partial charge in [-0.1, -0.05) is 0 Å². The summed E-state index contributed by atoms with van der Waals surface area (Å²) < 4.78 is 10.6. The van der Waals surface area contributed by atoms with Gasteiger partial charge in [0.15, 0.2) is 0 Å². The molecule has 0 unspecified atom stereocenters. The van der Waals surface area contributed by atoms with Gasteiger partial charge in [-0.15, -0.1) is 0 Å². The maximum Gasteiger partial charge on any atom is 0.335 e. The third kappa shape index (κ3) is 3.69. The molecule has 0 bridgehead atoms. The summed E-state index contributed by atoms with van der Waals surface area (Å²) in [5.41, 5.74) is 0.193. The van der Waals surface area contributed by atoms with Crippen molar-refractivity contribution in [2.24, 2.45) is 0 Å². The van der Waals surface area contributed by atoms with Gasteiger partial charge in [-0.2, -0.15) is 0 Å². The number of carboxylic acid groups (broad SMARTS) is 1. The zero-order valence-electron chi connectivity index (χ0n) is 10.5. The van der Waals surface area contributed by atoms with Gasteiger partial charge in [0.2, 0.25) is 5.88 Å². The Bertz CT molecular complexity index is 565. The van der Waals surface area contributed by atoms with Gasteiger partial charge in [-0.05, 0) is 30.3 Å². The molecule has 0 aliphatic rings. The molecular weight excluding hydrogens is 262 g/mol. The minimum Gasteiger partial charge on any atom is -0.490 e. The lowest BCUT2D eigenvalue weighted by molar-refractivity contribution is 0.0697. The van der Waals surface area contributed by atoms with Gasteiger partial charge in [0.25, 0.3) is 0 Å². The number of aromatic carboxylic acids is 1. The van der Waals surface area contributed by atoms with E-state index in [0.29, 0.717) is 17.4 Å². The van der Waals surface area contributed by atoms with E-state index in [9.17, 15) is 4.79 Å². The Morgan fingerprint density at radius 1 is 1.10 bits per heavy atom. The summed E-state index contributed by atoms with van der Waals surface area (Å²) in [6.45, 7) is 0.146. The molecule has 2 rings (SSSR count). The molecular formula is C14H13NO5. The van der Waals surface area contributed by atoms with E-state index < -0.39 is 5.97 Å². The molecule has 0 fully saturated rings. The number of hydrogen-bond acceptors (Lipinski definition) is 5. The van der Waals surface area contributed by atoms with Crippen LogP contribution in [0.5, 0.6) is 17.4 Å². The number of nitrogens with zero attached hydrogens (tertiary/aromatic N) is 1. The fourth-order valence-electron chi connectivity index (χ4n) is 1.46. The molecule has 6 nitrogen and oxygen atoms in total. The second kappa shape index (κ2) is 6.53. The van der Waals surface area contributed by atoms with Crippen LogP contribution in [0, 0.1) is 0 Å². The van der Waals surface area contributed by atoms with E-state index in [1.54, 1.807) is 24.3 Å². The highest BCUT2D eigenvalue weighted by atomic mass is 16.5. The lowest BCUT2D eigenvalue weighted by Crippen LogP contribution is -2.01. The van der Waals surface area contributed by atoms with Gasteiger partial charge in [0.05, 0.1) is 18.4 Å². The number of rotatable bonds is 6. The first-order valence-corrected chi connectivity index (χ1v) is 5.90. The lowest BCUT2D eigenvalue weighted by atomic mass is 10.2. The second-order valence-corrected chi connectivity index (χ2v) is 3.84. The Labute approximate surface area is 115 Å². The molecule has 0 saturated carbocycles. The van der Waals surface area contributed by atoms with Gasteiger partial charge in [-0.3, -0.25) is 0 Å². The van der Waals surface area contributed by atoms with Crippen LogP contribution in [0.25, 0.3) is 0 Å². The van der Waals surface area contributed by atoms with Crippen molar-refractivity contribution in [2.45, 2.75) is 0 Å². The monoisotopic (exact) mass is 275 g/mol. The van der Waals surface area contributed by atoms with Gasteiger partial charge >= 0.3 is 5.97 Å². The molecule has 2 aromatic rings. The lowest BCUT2D eigenvalue weighted by Gasteiger charge is -2.06. The number of carboxylic acids is 1. The number of aromatic nitrogens is 1. The van der Waals surface area contributed by atoms with Crippen molar-refractivity contribution in [1.82, 2.24) is 4.98 Å². The summed E-state index contributed by atoms with van der Waals surface area (Å²) >= 11 is 0. The molecule has 2 N–H and O–H groups in total. The van der Waals surface area contributed by atoms with Crippen LogP contribution in [0.2, 0.25) is 0 Å². The van der Waals surface area contributed by atoms with Crippen molar-refractivity contribution in [3.05, 3.63) is 48.2 Å². The van der Waals surface area contributed by atoms with E-state index in [2.05, 4.69) is 4.98 Å². The minimum absolute atomic E-state index is 0.0613. The first kappa shape index (κ1) is 13.8. The molecule has 6 heteroatoms. The molecule has 1 aromatic heterocycles. The third-order valence-electron chi connectivity index (χ3n) is 2.39. The van der Waals surface area contributed by atoms with Gasteiger partial charge in [0.1, 0.15) is 18.1 Å². The van der Waals surface area contributed by atoms with E-state index in [-0.39, 0.29) is 18.8 Å². The maximum absolute atomic E-state index is 10.7. The molecule has 104 valence electrons. The van der Waals surface area contributed by atoms with Crippen LogP contribution in [-0.4, -0.2) is 34.4 Å². The summed E-state index contributed by atoms with van der Waals surface area (Å²) in [7, 11) is 0. The molecule has 0 atom stereocenters. The zero-order chi connectivity index (χ0) is 14.4. The standard InChI is InChI=1S/C14H13NO5/c16-7-8-19-12-5-6-13(15-9-12)20-11-3-1-10(2-4-11)14(17)18/h1-6,9,16H,7-8H2,(H,17,18). The predicted octanol–water partition coefficient (Wildman–Crippen LogP) is 1.94. The Morgan fingerprint density at radius 3 is 2.35 bits per heavy atom. The number of ether oxygens (including phenoxy) is 2. The Kier molecular flexibility index (Phi) is 4.52. The summed E-state index contributed by atoms with van der Waals surface area (Å²) in [6, 6.07) is 9.32. The van der Waals surface area contributed by atoms with Crippen LogP contribution in [0.4, 0.5) is 0 Å². The van der Waals surface area contributed by atoms with Gasteiger partial charge in [-0.25, -0.2) is 9.78 Å². The largest absolute Gasteiger partial charge is 0.490 e. The number of carbonyl (C=O) groups is 1. The first-order chi connectivity index (χ1) is 9.69. The number of pyridine rings is 1.